The molecule has 4 nitrogen and oxygen atoms in total. The van der Waals surface area contributed by atoms with Gasteiger partial charge in [0, 0.05) is 12.4 Å². The van der Waals surface area contributed by atoms with Crippen LogP contribution in [0.3, 0.4) is 0 Å². The van der Waals surface area contributed by atoms with Crippen molar-refractivity contribution in [2.75, 3.05) is 0 Å². The number of carbonyl (C=O) groups excluding carboxylic acids is 1. The van der Waals surface area contributed by atoms with Crippen molar-refractivity contribution >= 4 is 18.7 Å². The van der Waals surface area contributed by atoms with Gasteiger partial charge in [0.2, 0.25) is 0 Å². The van der Waals surface area contributed by atoms with E-state index in [0.717, 1.165) is 15.6 Å². The highest BCUT2D eigenvalue weighted by Gasteiger charge is 2.14. The number of thiol groups is 1. The van der Waals surface area contributed by atoms with Gasteiger partial charge in [0.1, 0.15) is 0 Å². The third-order valence-corrected chi connectivity index (χ3v) is 3.50. The molecule has 3 aromatic rings. The summed E-state index contributed by atoms with van der Waals surface area (Å²) < 4.78 is 0.897. The molecule has 0 N–H and O–H groups in total. The quantitative estimate of drug-likeness (QED) is 0.582. The molecule has 2 aromatic carbocycles. The van der Waals surface area contributed by atoms with Gasteiger partial charge in [-0.25, -0.2) is 0 Å². The van der Waals surface area contributed by atoms with Crippen molar-refractivity contribution in [1.82, 2.24) is 9.45 Å². The van der Waals surface area contributed by atoms with Crippen molar-refractivity contribution in [3.63, 3.8) is 0 Å². The number of hydroxylamine groups is 1. The van der Waals surface area contributed by atoms with Gasteiger partial charge in [0.05, 0.1) is 5.56 Å². The summed E-state index contributed by atoms with van der Waals surface area (Å²) in [6.07, 6.45) is 3.07. The van der Waals surface area contributed by atoms with E-state index in [-0.39, 0.29) is 5.91 Å². The smallest absolute Gasteiger partial charge is 0.298 e. The Morgan fingerprint density at radius 3 is 2.26 bits per heavy atom. The highest BCUT2D eigenvalue weighted by molar-refractivity contribution is 7.78. The molecule has 0 spiro atoms. The van der Waals surface area contributed by atoms with Gasteiger partial charge in [-0.15, -0.1) is 4.47 Å². The summed E-state index contributed by atoms with van der Waals surface area (Å²) in [5.41, 5.74) is 2.60. The molecule has 0 atom stereocenters. The van der Waals surface area contributed by atoms with E-state index in [1.165, 1.54) is 6.20 Å². The van der Waals surface area contributed by atoms with Crippen molar-refractivity contribution in [1.29, 1.82) is 0 Å². The van der Waals surface area contributed by atoms with Crippen LogP contribution in [0.25, 0.3) is 11.1 Å². The van der Waals surface area contributed by atoms with Crippen LogP contribution in [0, 0.1) is 0 Å². The molecule has 1 heterocycles. The molecule has 0 unspecified atom stereocenters. The van der Waals surface area contributed by atoms with E-state index in [4.69, 9.17) is 4.84 Å². The molecule has 0 bridgehead atoms. The number of pyridine rings is 1. The van der Waals surface area contributed by atoms with Gasteiger partial charge < -0.3 is 4.84 Å². The highest BCUT2D eigenvalue weighted by atomic mass is 32.1. The lowest BCUT2D eigenvalue weighted by molar-refractivity contribution is 0.0334. The molecule has 1 aromatic heterocycles. The lowest BCUT2D eigenvalue weighted by Gasteiger charge is -2.16. The number of carbonyl (C=O) groups is 1. The maximum Gasteiger partial charge on any atom is 0.298 e. The Morgan fingerprint density at radius 2 is 1.61 bits per heavy atom. The average molecular weight is 322 g/mol. The second-order valence-electron chi connectivity index (χ2n) is 4.80. The number of aromatic nitrogens is 1. The van der Waals surface area contributed by atoms with E-state index in [2.05, 4.69) is 17.8 Å². The third-order valence-electron chi connectivity index (χ3n) is 3.24. The first kappa shape index (κ1) is 15.1. The molecule has 0 fully saturated rings. The maximum atomic E-state index is 12.1. The molecule has 1 amide bonds. The van der Waals surface area contributed by atoms with Gasteiger partial charge in [-0.2, -0.15) is 0 Å². The molecule has 0 aliphatic rings. The zero-order chi connectivity index (χ0) is 16.1. The van der Waals surface area contributed by atoms with E-state index in [1.54, 1.807) is 30.5 Å². The van der Waals surface area contributed by atoms with E-state index in [0.29, 0.717) is 11.3 Å². The first-order valence-electron chi connectivity index (χ1n) is 7.01. The van der Waals surface area contributed by atoms with Crippen LogP contribution in [-0.2, 0) is 0 Å². The predicted molar refractivity (Wildman–Crippen MR) is 91.9 cm³/mol. The summed E-state index contributed by atoms with van der Waals surface area (Å²) >= 11 is 4.08. The number of rotatable bonds is 4. The average Bonchev–Trinajstić information content (AvgIpc) is 2.63. The van der Waals surface area contributed by atoms with Crippen LogP contribution in [0.4, 0.5) is 0 Å². The Kier molecular flexibility index (Phi) is 4.59. The first-order chi connectivity index (χ1) is 11.2. The Labute approximate surface area is 139 Å². The predicted octanol–water partition coefficient (Wildman–Crippen LogP) is 4.03. The Hall–Kier alpha value is -2.79. The van der Waals surface area contributed by atoms with Crippen LogP contribution in [0.1, 0.15) is 10.4 Å². The minimum atomic E-state index is -0.381. The molecule has 23 heavy (non-hydrogen) atoms. The summed E-state index contributed by atoms with van der Waals surface area (Å²) in [4.78, 5) is 21.5. The van der Waals surface area contributed by atoms with E-state index in [1.807, 2.05) is 42.5 Å². The lowest BCUT2D eigenvalue weighted by atomic mass is 10.1. The molecule has 0 aliphatic carbocycles. The van der Waals surface area contributed by atoms with Crippen molar-refractivity contribution in [2.45, 2.75) is 0 Å². The van der Waals surface area contributed by atoms with Gasteiger partial charge >= 0.3 is 0 Å². The Balaban J connectivity index is 1.70. The topological polar surface area (TPSA) is 42.4 Å². The molecule has 5 heteroatoms. The number of hydrogen-bond donors (Lipinski definition) is 1. The summed E-state index contributed by atoms with van der Waals surface area (Å²) in [5, 5.41) is 0. The summed E-state index contributed by atoms with van der Waals surface area (Å²) in [5.74, 6) is 0.144. The van der Waals surface area contributed by atoms with Crippen molar-refractivity contribution < 1.29 is 9.63 Å². The second kappa shape index (κ2) is 6.98. The van der Waals surface area contributed by atoms with Crippen LogP contribution >= 0.6 is 12.8 Å². The van der Waals surface area contributed by atoms with Crippen LogP contribution in [0.2, 0.25) is 0 Å². The van der Waals surface area contributed by atoms with Crippen LogP contribution in [0.5, 0.6) is 5.75 Å². The van der Waals surface area contributed by atoms with E-state index >= 15 is 0 Å². The van der Waals surface area contributed by atoms with Crippen LogP contribution < -0.4 is 4.84 Å². The summed E-state index contributed by atoms with van der Waals surface area (Å²) in [6, 6.07) is 20.8. The Morgan fingerprint density at radius 1 is 0.913 bits per heavy atom. The van der Waals surface area contributed by atoms with E-state index < -0.39 is 0 Å². The summed E-state index contributed by atoms with van der Waals surface area (Å²) in [6.45, 7) is 0. The highest BCUT2D eigenvalue weighted by Crippen LogP contribution is 2.23. The fourth-order valence-electron chi connectivity index (χ4n) is 2.08. The fourth-order valence-corrected chi connectivity index (χ4v) is 2.29. The minimum absolute atomic E-state index is 0.381. The zero-order valence-corrected chi connectivity index (χ0v) is 13.1. The molecular formula is C18H14N2O2S. The van der Waals surface area contributed by atoms with Crippen molar-refractivity contribution in [3.05, 3.63) is 84.7 Å². The SMILES string of the molecule is O=C(c1cccnc1)N(S)Oc1ccc(-c2ccccc2)cc1. The van der Waals surface area contributed by atoms with Crippen LogP contribution in [-0.4, -0.2) is 15.4 Å². The van der Waals surface area contributed by atoms with Crippen molar-refractivity contribution in [3.8, 4) is 16.9 Å². The van der Waals surface area contributed by atoms with Gasteiger partial charge in [-0.1, -0.05) is 42.5 Å². The molecular weight excluding hydrogens is 308 g/mol. The lowest BCUT2D eigenvalue weighted by Crippen LogP contribution is -2.25. The first-order valence-corrected chi connectivity index (χ1v) is 7.41. The largest absolute Gasteiger partial charge is 0.366 e. The zero-order valence-electron chi connectivity index (χ0n) is 12.2. The molecule has 3 rings (SSSR count). The van der Waals surface area contributed by atoms with Gasteiger partial charge in [-0.05, 0) is 48.2 Å². The maximum absolute atomic E-state index is 12.1. The van der Waals surface area contributed by atoms with Crippen molar-refractivity contribution in [2.24, 2.45) is 0 Å². The van der Waals surface area contributed by atoms with Gasteiger partial charge in [-0.3, -0.25) is 9.78 Å². The molecule has 0 radical (unpaired) electrons. The normalized spacial score (nSPS) is 10.1. The standard InChI is InChI=1S/C18H14N2O2S/c21-18(16-7-4-12-19-13-16)20(23)22-17-10-8-15(9-11-17)14-5-2-1-3-6-14/h1-13,23H. The second-order valence-corrected chi connectivity index (χ2v) is 5.16. The monoisotopic (exact) mass is 322 g/mol. The van der Waals surface area contributed by atoms with Gasteiger partial charge in [0.15, 0.2) is 5.75 Å². The molecule has 0 saturated heterocycles. The minimum Gasteiger partial charge on any atom is -0.366 e. The summed E-state index contributed by atoms with van der Waals surface area (Å²) in [7, 11) is 0. The fraction of sp³-hybridized carbons (Fsp3) is 0. The number of nitrogens with zero attached hydrogens (tertiary/aromatic N) is 2. The van der Waals surface area contributed by atoms with Crippen LogP contribution in [0.15, 0.2) is 79.1 Å². The van der Waals surface area contributed by atoms with Gasteiger partial charge in [0.25, 0.3) is 5.91 Å². The number of benzene rings is 2. The Bertz CT molecular complexity index is 777. The molecule has 0 saturated carbocycles. The molecule has 0 aliphatic heterocycles. The number of hydrogen-bond acceptors (Lipinski definition) is 4. The third kappa shape index (κ3) is 3.70. The van der Waals surface area contributed by atoms with E-state index in [9.17, 15) is 4.79 Å². The number of amides is 1. The molecule has 114 valence electrons.